The molecule has 1 amide bonds. The third-order valence-corrected chi connectivity index (χ3v) is 17.6. The Morgan fingerprint density at radius 3 is 1.14 bits per heavy atom. The highest BCUT2D eigenvalue weighted by Gasteiger charge is 2.53. The van der Waals surface area contributed by atoms with Crippen molar-refractivity contribution in [2.75, 3.05) is 26.4 Å². The molecule has 17 unspecified atom stereocenters. The fraction of sp³-hybridized carbons (Fsp3) is 0.955. The molecular formula is C66H125NO18. The van der Waals surface area contributed by atoms with Crippen LogP contribution in [0.2, 0.25) is 0 Å². The summed E-state index contributed by atoms with van der Waals surface area (Å²) >= 11 is 0. The Balaban J connectivity index is 1.24. The molecular weight excluding hydrogens is 1090 g/mol. The molecule has 0 saturated carbocycles. The number of carbonyl (C=O) groups excluding carboxylic acids is 1. The molecule has 3 aliphatic heterocycles. The van der Waals surface area contributed by atoms with Crippen LogP contribution < -0.4 is 5.32 Å². The maximum Gasteiger partial charge on any atom is 0.220 e. The molecule has 3 rings (SSSR count). The number of ether oxygens (including phenoxy) is 6. The van der Waals surface area contributed by atoms with E-state index in [-0.39, 0.29) is 18.9 Å². The number of carbonyl (C=O) groups is 1. The molecule has 0 radical (unpaired) electrons. The SMILES string of the molecule is CCCCCCCCCC/C=C\CCCCCCCCCCCCCCCCCCCCCCCCCC(=O)NC(COC1OC(CO)C(OC2OC(CO)C(OC3OC(CO)C(O)C(O)C3O)C(O)C2O)C(O)C1O)C(O)CCCCCCC. The van der Waals surface area contributed by atoms with Gasteiger partial charge in [0.05, 0.1) is 38.6 Å². The molecule has 17 atom stereocenters. The van der Waals surface area contributed by atoms with Crippen LogP contribution in [-0.2, 0) is 33.2 Å². The number of aliphatic hydroxyl groups is 11. The maximum absolute atomic E-state index is 13.3. The Morgan fingerprint density at radius 1 is 0.412 bits per heavy atom. The first-order chi connectivity index (χ1) is 41.3. The third-order valence-electron chi connectivity index (χ3n) is 17.6. The van der Waals surface area contributed by atoms with E-state index in [0.717, 1.165) is 51.4 Å². The quantitative estimate of drug-likeness (QED) is 0.0201. The third kappa shape index (κ3) is 31.9. The van der Waals surface area contributed by atoms with Crippen molar-refractivity contribution in [1.82, 2.24) is 5.32 Å². The van der Waals surface area contributed by atoms with Gasteiger partial charge in [0.1, 0.15) is 73.2 Å². The van der Waals surface area contributed by atoms with Crippen molar-refractivity contribution < 1.29 is 89.4 Å². The lowest BCUT2D eigenvalue weighted by Crippen LogP contribution is -2.66. The van der Waals surface area contributed by atoms with Gasteiger partial charge >= 0.3 is 0 Å². The van der Waals surface area contributed by atoms with Crippen LogP contribution in [0.4, 0.5) is 0 Å². The van der Waals surface area contributed by atoms with Gasteiger partial charge in [-0.15, -0.1) is 0 Å². The first kappa shape index (κ1) is 77.8. The van der Waals surface area contributed by atoms with Crippen molar-refractivity contribution in [1.29, 1.82) is 0 Å². The summed E-state index contributed by atoms with van der Waals surface area (Å²) in [6, 6.07) is -0.879. The van der Waals surface area contributed by atoms with E-state index in [1.807, 2.05) is 0 Å². The molecule has 0 aromatic heterocycles. The van der Waals surface area contributed by atoms with Gasteiger partial charge in [-0.2, -0.15) is 0 Å². The second-order valence-corrected chi connectivity index (χ2v) is 25.0. The monoisotopic (exact) mass is 1220 g/mol. The van der Waals surface area contributed by atoms with E-state index in [2.05, 4.69) is 31.3 Å². The summed E-state index contributed by atoms with van der Waals surface area (Å²) in [5.41, 5.74) is 0. The Bertz CT molecular complexity index is 1600. The van der Waals surface area contributed by atoms with Crippen LogP contribution in [0.3, 0.4) is 0 Å². The molecule has 0 aliphatic carbocycles. The predicted octanol–water partition coefficient (Wildman–Crippen LogP) is 8.50. The Kier molecular flexibility index (Phi) is 45.1. The van der Waals surface area contributed by atoms with E-state index in [1.54, 1.807) is 0 Å². The van der Waals surface area contributed by atoms with Gasteiger partial charge in [-0.25, -0.2) is 0 Å². The van der Waals surface area contributed by atoms with E-state index in [1.165, 1.54) is 186 Å². The Morgan fingerprint density at radius 2 is 0.741 bits per heavy atom. The van der Waals surface area contributed by atoms with Crippen LogP contribution in [0.5, 0.6) is 0 Å². The number of hydrogen-bond donors (Lipinski definition) is 12. The molecule has 3 aliphatic rings. The number of unbranched alkanes of at least 4 members (excludes halogenated alkanes) is 35. The number of nitrogens with one attached hydrogen (secondary N) is 1. The van der Waals surface area contributed by atoms with Crippen molar-refractivity contribution in [3.8, 4) is 0 Å². The summed E-state index contributed by atoms with van der Waals surface area (Å²) in [6.07, 6.45) is 27.1. The first-order valence-electron chi connectivity index (χ1n) is 34.4. The van der Waals surface area contributed by atoms with E-state index < -0.39 is 124 Å². The first-order valence-corrected chi connectivity index (χ1v) is 34.4. The van der Waals surface area contributed by atoms with Crippen molar-refractivity contribution >= 4 is 5.91 Å². The summed E-state index contributed by atoms with van der Waals surface area (Å²) in [7, 11) is 0. The smallest absolute Gasteiger partial charge is 0.220 e. The van der Waals surface area contributed by atoms with Crippen LogP contribution >= 0.6 is 0 Å². The van der Waals surface area contributed by atoms with Gasteiger partial charge in [-0.1, -0.05) is 238 Å². The summed E-state index contributed by atoms with van der Waals surface area (Å²) in [4.78, 5) is 13.3. The van der Waals surface area contributed by atoms with Crippen LogP contribution in [0, 0.1) is 0 Å². The summed E-state index contributed by atoms with van der Waals surface area (Å²) < 4.78 is 34.2. The fourth-order valence-corrected chi connectivity index (χ4v) is 12.0. The molecule has 12 N–H and O–H groups in total. The molecule has 0 bridgehead atoms. The number of aliphatic hydroxyl groups excluding tert-OH is 11. The lowest BCUT2D eigenvalue weighted by Gasteiger charge is -2.48. The molecule has 502 valence electrons. The zero-order valence-corrected chi connectivity index (χ0v) is 52.9. The van der Waals surface area contributed by atoms with E-state index in [4.69, 9.17) is 28.4 Å². The van der Waals surface area contributed by atoms with Crippen LogP contribution in [0.25, 0.3) is 0 Å². The summed E-state index contributed by atoms with van der Waals surface area (Å²) in [5.74, 6) is -0.245. The summed E-state index contributed by atoms with van der Waals surface area (Å²) in [5, 5.41) is 120. The van der Waals surface area contributed by atoms with Crippen molar-refractivity contribution in [2.45, 2.75) is 375 Å². The minimum atomic E-state index is -1.97. The Hall–Kier alpha value is -1.47. The van der Waals surface area contributed by atoms with Crippen LogP contribution in [0.15, 0.2) is 12.2 Å². The van der Waals surface area contributed by atoms with Gasteiger partial charge in [0, 0.05) is 6.42 Å². The number of hydrogen-bond acceptors (Lipinski definition) is 18. The van der Waals surface area contributed by atoms with Crippen molar-refractivity contribution in [3.63, 3.8) is 0 Å². The standard InChI is InChI=1S/C66H125NO18/c1-3-5-7-9-10-11-12-13-14-15-16-17-18-19-20-21-22-23-24-25-26-27-28-29-30-31-32-33-34-35-36-37-38-40-42-44-54(72)67-49(50(71)43-41-39-8-6-4-2)48-80-64-60(78)57(75)62(52(46-69)82-64)85-66-61(79)58(76)63(53(47-70)83-66)84-65-59(77)56(74)55(73)51(45-68)81-65/h15-16,49-53,55-66,68-71,73-79H,3-14,17-48H2,1-2H3,(H,67,72)/b16-15-. The van der Waals surface area contributed by atoms with Gasteiger partial charge in [0.2, 0.25) is 5.91 Å². The highest BCUT2D eigenvalue weighted by molar-refractivity contribution is 5.76. The van der Waals surface area contributed by atoms with Gasteiger partial charge < -0.3 is 89.9 Å². The average molecular weight is 1220 g/mol. The second-order valence-electron chi connectivity index (χ2n) is 25.0. The molecule has 3 fully saturated rings. The minimum absolute atomic E-state index is 0.245. The van der Waals surface area contributed by atoms with Crippen molar-refractivity contribution in [3.05, 3.63) is 12.2 Å². The molecule has 0 spiro atoms. The van der Waals surface area contributed by atoms with Gasteiger partial charge in [-0.3, -0.25) is 4.79 Å². The lowest BCUT2D eigenvalue weighted by molar-refractivity contribution is -0.379. The zero-order chi connectivity index (χ0) is 61.9. The molecule has 19 nitrogen and oxygen atoms in total. The van der Waals surface area contributed by atoms with Crippen LogP contribution in [-0.4, -0.2) is 193 Å². The molecule has 0 aromatic carbocycles. The average Bonchev–Trinajstić information content (AvgIpc) is 2.21. The van der Waals surface area contributed by atoms with Gasteiger partial charge in [0.15, 0.2) is 18.9 Å². The second kappa shape index (κ2) is 49.3. The normalized spacial score (nSPS) is 29.0. The summed E-state index contributed by atoms with van der Waals surface area (Å²) in [6.45, 7) is 1.70. The molecule has 85 heavy (non-hydrogen) atoms. The largest absolute Gasteiger partial charge is 0.394 e. The number of amides is 1. The zero-order valence-electron chi connectivity index (χ0n) is 52.9. The highest BCUT2D eigenvalue weighted by atomic mass is 16.8. The van der Waals surface area contributed by atoms with Gasteiger partial charge in [-0.05, 0) is 38.5 Å². The lowest BCUT2D eigenvalue weighted by atomic mass is 9.96. The minimum Gasteiger partial charge on any atom is -0.394 e. The molecule has 0 aromatic rings. The number of allylic oxidation sites excluding steroid dienone is 2. The molecule has 3 heterocycles. The molecule has 19 heteroatoms. The van der Waals surface area contributed by atoms with Crippen LogP contribution in [0.1, 0.15) is 271 Å². The van der Waals surface area contributed by atoms with E-state index >= 15 is 0 Å². The number of rotatable bonds is 53. The van der Waals surface area contributed by atoms with E-state index in [0.29, 0.717) is 12.8 Å². The van der Waals surface area contributed by atoms with E-state index in [9.17, 15) is 61.0 Å². The van der Waals surface area contributed by atoms with Crippen molar-refractivity contribution in [2.24, 2.45) is 0 Å². The Labute approximate surface area is 512 Å². The maximum atomic E-state index is 13.3. The highest BCUT2D eigenvalue weighted by Crippen LogP contribution is 2.33. The van der Waals surface area contributed by atoms with Gasteiger partial charge in [0.25, 0.3) is 0 Å². The predicted molar refractivity (Wildman–Crippen MR) is 328 cm³/mol. The fourth-order valence-electron chi connectivity index (χ4n) is 12.0. The topological polar surface area (TPSA) is 307 Å². The molecule has 3 saturated heterocycles.